The molecule has 0 aliphatic carbocycles. The molecule has 0 unspecified atom stereocenters. The molecule has 2 N–H and O–H groups in total. The van der Waals surface area contributed by atoms with Gasteiger partial charge in [-0.3, -0.25) is 9.78 Å². The van der Waals surface area contributed by atoms with Gasteiger partial charge in [0.1, 0.15) is 30.3 Å². The molecule has 0 atom stereocenters. The van der Waals surface area contributed by atoms with Crippen LogP contribution >= 0.6 is 11.6 Å². The summed E-state index contributed by atoms with van der Waals surface area (Å²) in [6.45, 7) is 0.322. The number of ether oxygens (including phenoxy) is 2. The van der Waals surface area contributed by atoms with Crippen LogP contribution in [0.5, 0.6) is 11.5 Å². The zero-order valence-electron chi connectivity index (χ0n) is 23.9. The quantitative estimate of drug-likeness (QED) is 0.244. The van der Waals surface area contributed by atoms with Crippen molar-refractivity contribution < 1.29 is 18.4 Å². The first-order valence-corrected chi connectivity index (χ1v) is 12.2. The third-order valence-electron chi connectivity index (χ3n) is 5.24. The Balaban J connectivity index is 1.53. The number of likely N-dealkylation sites (N-methyl/N-ethyl adjacent to an activating group) is 1. The van der Waals surface area contributed by atoms with Gasteiger partial charge in [-0.2, -0.15) is 0 Å². The Morgan fingerprint density at radius 3 is 2.79 bits per heavy atom. The number of rotatable bonds is 11. The Hall–Kier alpha value is -4.21. The molecule has 0 aliphatic rings. The van der Waals surface area contributed by atoms with Crippen LogP contribution in [0, 0.1) is 0 Å². The molecule has 10 heteroatoms. The number of aromatic nitrogens is 3. The van der Waals surface area contributed by atoms with Gasteiger partial charge in [0.25, 0.3) is 0 Å². The molecule has 196 valence electrons. The molecule has 2 heterocycles. The van der Waals surface area contributed by atoms with Crippen LogP contribution in [-0.2, 0) is 11.4 Å². The number of fused-ring (bicyclic) bond motifs is 1. The maximum atomic E-state index is 12.6. The fourth-order valence-electron chi connectivity index (χ4n) is 3.52. The smallest absolute Gasteiger partial charge is 0.248 e. The molecule has 0 bridgehead atoms. The summed E-state index contributed by atoms with van der Waals surface area (Å²) in [5, 5.41) is 7.09. The largest absolute Gasteiger partial charge is 0.492 e. The van der Waals surface area contributed by atoms with E-state index >= 15 is 0 Å². The van der Waals surface area contributed by atoms with Crippen molar-refractivity contribution in [1.82, 2.24) is 19.9 Å². The number of anilines is 3. The van der Waals surface area contributed by atoms with Crippen LogP contribution in [0.1, 0.15) is 16.7 Å². The van der Waals surface area contributed by atoms with Gasteiger partial charge in [-0.05, 0) is 57.3 Å². The van der Waals surface area contributed by atoms with E-state index in [2.05, 4.69) is 25.6 Å². The van der Waals surface area contributed by atoms with Crippen LogP contribution < -0.4 is 20.1 Å². The lowest BCUT2D eigenvalue weighted by atomic mass is 10.1. The summed E-state index contributed by atoms with van der Waals surface area (Å²) in [6, 6.07) is 14.3. The summed E-state index contributed by atoms with van der Waals surface area (Å²) in [4.78, 5) is 26.8. The Morgan fingerprint density at radius 1 is 1.13 bits per heavy atom. The lowest BCUT2D eigenvalue weighted by molar-refractivity contribution is -0.111. The minimum absolute atomic E-state index is 0.0808. The van der Waals surface area contributed by atoms with Gasteiger partial charge < -0.3 is 25.0 Å². The van der Waals surface area contributed by atoms with E-state index in [4.69, 9.17) is 25.2 Å². The van der Waals surface area contributed by atoms with Crippen molar-refractivity contribution in [1.29, 1.82) is 0 Å². The zero-order valence-corrected chi connectivity index (χ0v) is 21.7. The average molecular weight is 536 g/mol. The predicted molar refractivity (Wildman–Crippen MR) is 150 cm³/mol. The van der Waals surface area contributed by atoms with Crippen LogP contribution in [0.3, 0.4) is 0 Å². The Kier molecular flexibility index (Phi) is 7.76. The van der Waals surface area contributed by atoms with Crippen LogP contribution in [-0.4, -0.2) is 52.9 Å². The number of halogens is 1. The van der Waals surface area contributed by atoms with Crippen LogP contribution in [0.25, 0.3) is 10.9 Å². The van der Waals surface area contributed by atoms with Gasteiger partial charge in [0.05, 0.1) is 28.5 Å². The summed E-state index contributed by atoms with van der Waals surface area (Å²) >= 11 is 6.48. The minimum Gasteiger partial charge on any atom is -0.492 e. The Bertz CT molecular complexity index is 1540. The molecule has 0 aliphatic heterocycles. The highest BCUT2D eigenvalue weighted by molar-refractivity contribution is 6.32. The zero-order chi connectivity index (χ0) is 29.4. The standard InChI is InChI=1S/C28H29ClN6O3/c1-4-37-26-16-23-21(15-24(26)34-27(36)9-7-13-35(2)3)28(32-18-31-23)33-19-10-11-25(22(29)14-19)38-17-20-8-5-6-12-30-20/h5-12,14-16,18H,4,13,17H2,1-3H3,(H,34,36)(H,31,32,33)/i2D3. The highest BCUT2D eigenvalue weighted by atomic mass is 35.5. The van der Waals surface area contributed by atoms with Crippen molar-refractivity contribution in [3.63, 3.8) is 0 Å². The van der Waals surface area contributed by atoms with Crippen molar-refractivity contribution in [3.8, 4) is 11.5 Å². The first kappa shape index (κ1) is 22.9. The molecule has 0 saturated heterocycles. The summed E-state index contributed by atoms with van der Waals surface area (Å²) in [6.07, 6.45) is 5.89. The lowest BCUT2D eigenvalue weighted by Crippen LogP contribution is -2.13. The van der Waals surface area contributed by atoms with Gasteiger partial charge in [-0.25, -0.2) is 9.97 Å². The van der Waals surface area contributed by atoms with E-state index in [-0.39, 0.29) is 13.2 Å². The third-order valence-corrected chi connectivity index (χ3v) is 5.53. The van der Waals surface area contributed by atoms with Gasteiger partial charge in [-0.15, -0.1) is 0 Å². The summed E-state index contributed by atoms with van der Waals surface area (Å²) in [5.74, 6) is 0.994. The van der Waals surface area contributed by atoms with Crippen LogP contribution in [0.15, 0.2) is 73.2 Å². The van der Waals surface area contributed by atoms with E-state index in [0.717, 1.165) is 10.6 Å². The summed E-state index contributed by atoms with van der Waals surface area (Å²) < 4.78 is 33.8. The lowest BCUT2D eigenvalue weighted by Gasteiger charge is -2.15. The van der Waals surface area contributed by atoms with Gasteiger partial charge in [0.2, 0.25) is 5.91 Å². The molecule has 9 nitrogen and oxygen atoms in total. The minimum atomic E-state index is -2.25. The van der Waals surface area contributed by atoms with E-state index in [1.807, 2.05) is 31.2 Å². The van der Waals surface area contributed by atoms with Gasteiger partial charge in [0, 0.05) is 40.1 Å². The first-order chi connectivity index (χ1) is 19.6. The van der Waals surface area contributed by atoms with Crippen molar-refractivity contribution in [3.05, 3.63) is 83.9 Å². The van der Waals surface area contributed by atoms with Crippen LogP contribution in [0.2, 0.25) is 5.02 Å². The number of nitrogens with one attached hydrogen (secondary N) is 2. The number of pyridine rings is 1. The SMILES string of the molecule is [2H]C([2H])([2H])N(C)CC=CC(=O)Nc1cc2c(Nc3ccc(OCc4ccccn4)c(Cl)c3)ncnc2cc1OCC. The van der Waals surface area contributed by atoms with E-state index in [9.17, 15) is 4.79 Å². The summed E-state index contributed by atoms with van der Waals surface area (Å²) in [7, 11) is 1.45. The van der Waals surface area contributed by atoms with Crippen molar-refractivity contribution in [2.75, 3.05) is 37.8 Å². The molecule has 2 aromatic carbocycles. The van der Waals surface area contributed by atoms with E-state index < -0.39 is 12.9 Å². The van der Waals surface area contributed by atoms with Crippen molar-refractivity contribution >= 4 is 45.6 Å². The molecule has 38 heavy (non-hydrogen) atoms. The molecule has 0 spiro atoms. The third kappa shape index (κ3) is 7.18. The molecule has 0 saturated carbocycles. The van der Waals surface area contributed by atoms with Gasteiger partial charge in [-0.1, -0.05) is 23.7 Å². The second-order valence-corrected chi connectivity index (χ2v) is 8.58. The van der Waals surface area contributed by atoms with Crippen molar-refractivity contribution in [2.45, 2.75) is 13.5 Å². The van der Waals surface area contributed by atoms with Crippen molar-refractivity contribution in [2.24, 2.45) is 0 Å². The maximum absolute atomic E-state index is 12.6. The fourth-order valence-corrected chi connectivity index (χ4v) is 3.75. The number of carbonyl (C=O) groups excluding carboxylic acids is 1. The number of benzene rings is 2. The van der Waals surface area contributed by atoms with E-state index in [1.165, 1.54) is 25.5 Å². The predicted octanol–water partition coefficient (Wildman–Crippen LogP) is 5.46. The number of carbonyl (C=O) groups is 1. The fraction of sp³-hybridized carbons (Fsp3) is 0.214. The molecule has 4 rings (SSSR count). The van der Waals surface area contributed by atoms with Gasteiger partial charge in [0.15, 0.2) is 0 Å². The molecule has 2 aromatic heterocycles. The molecule has 1 amide bonds. The van der Waals surface area contributed by atoms with E-state index in [0.29, 0.717) is 51.2 Å². The number of hydrogen-bond acceptors (Lipinski definition) is 8. The first-order valence-electron chi connectivity index (χ1n) is 13.3. The second-order valence-electron chi connectivity index (χ2n) is 8.17. The Labute approximate surface area is 230 Å². The normalized spacial score (nSPS) is 12.7. The monoisotopic (exact) mass is 535 g/mol. The van der Waals surface area contributed by atoms with Gasteiger partial charge >= 0.3 is 0 Å². The number of nitrogens with zero attached hydrogens (tertiary/aromatic N) is 4. The highest BCUT2D eigenvalue weighted by Gasteiger charge is 2.13. The average Bonchev–Trinajstić information content (AvgIpc) is 2.93. The molecule has 4 aromatic rings. The van der Waals surface area contributed by atoms with Crippen LogP contribution in [0.4, 0.5) is 17.2 Å². The number of amides is 1. The Morgan fingerprint density at radius 2 is 2.03 bits per heavy atom. The second kappa shape index (κ2) is 12.8. The molecular formula is C28H29ClN6O3. The highest BCUT2D eigenvalue weighted by Crippen LogP contribution is 2.35. The number of hydrogen-bond donors (Lipinski definition) is 2. The molecule has 0 fully saturated rings. The summed E-state index contributed by atoms with van der Waals surface area (Å²) in [5.41, 5.74) is 2.46. The molecular weight excluding hydrogens is 504 g/mol. The molecule has 0 radical (unpaired) electrons. The van der Waals surface area contributed by atoms with E-state index in [1.54, 1.807) is 30.5 Å². The topological polar surface area (TPSA) is 102 Å². The maximum Gasteiger partial charge on any atom is 0.248 e.